The largest absolute Gasteiger partial charge is 0.480 e. The number of hydrogen-bond acceptors (Lipinski definition) is 5. The van der Waals surface area contributed by atoms with Crippen LogP contribution < -0.4 is 16.4 Å². The molecular weight excluding hydrogens is 470 g/mol. The van der Waals surface area contributed by atoms with Crippen LogP contribution in [0.3, 0.4) is 0 Å². The standard InChI is InChI=1S/C28H35N5O4/c29-26(30)20-12-10-19(11-13-20)16-32-27(36)24-15-21-8-4-5-9-23(21)33(24)28(37)22(31-17-25(34)35)14-18-6-2-1-3-7-18/h1-3,6-7,10-13,21-24,31H,4-5,8-9,14-17H2,(H3,29,30)(H,32,36)(H,34,35)/t21-,22-,23-,24+/m1/s1. The van der Waals surface area contributed by atoms with Crippen LogP contribution in [0.2, 0.25) is 0 Å². The molecular formula is C28H35N5O4. The maximum atomic E-state index is 14.0. The molecule has 1 saturated heterocycles. The number of fused-ring (bicyclic) bond motifs is 1. The molecule has 0 radical (unpaired) electrons. The zero-order valence-electron chi connectivity index (χ0n) is 20.9. The molecule has 0 unspecified atom stereocenters. The van der Waals surface area contributed by atoms with Gasteiger partial charge in [0.25, 0.3) is 0 Å². The normalized spacial score (nSPS) is 21.6. The Balaban J connectivity index is 1.52. The molecule has 2 aromatic rings. The summed E-state index contributed by atoms with van der Waals surface area (Å²) in [7, 11) is 0. The number of carboxylic acid groups (broad SMARTS) is 1. The van der Waals surface area contributed by atoms with Gasteiger partial charge in [-0.1, -0.05) is 67.4 Å². The van der Waals surface area contributed by atoms with Crippen molar-refractivity contribution in [2.75, 3.05) is 6.54 Å². The van der Waals surface area contributed by atoms with Crippen LogP contribution in [0.4, 0.5) is 0 Å². The Labute approximate surface area is 216 Å². The summed E-state index contributed by atoms with van der Waals surface area (Å²) in [4.78, 5) is 40.5. The second-order valence-corrected chi connectivity index (χ2v) is 9.95. The monoisotopic (exact) mass is 505 g/mol. The molecule has 0 bridgehead atoms. The molecule has 196 valence electrons. The Bertz CT molecular complexity index is 1120. The number of carbonyl (C=O) groups is 3. The summed E-state index contributed by atoms with van der Waals surface area (Å²) in [6.45, 7) is -0.0338. The van der Waals surface area contributed by atoms with E-state index in [4.69, 9.17) is 11.1 Å². The number of benzene rings is 2. The number of nitrogens with zero attached hydrogens (tertiary/aromatic N) is 1. The van der Waals surface area contributed by atoms with Crippen molar-refractivity contribution in [3.05, 3.63) is 71.3 Å². The quantitative estimate of drug-likeness (QED) is 0.246. The summed E-state index contributed by atoms with van der Waals surface area (Å²) in [6.07, 6.45) is 4.89. The van der Waals surface area contributed by atoms with Gasteiger partial charge in [-0.2, -0.15) is 0 Å². The van der Waals surface area contributed by atoms with Gasteiger partial charge >= 0.3 is 5.97 Å². The maximum Gasteiger partial charge on any atom is 0.317 e. The molecule has 4 atom stereocenters. The molecule has 37 heavy (non-hydrogen) atoms. The van der Waals surface area contributed by atoms with Crippen molar-refractivity contribution in [1.82, 2.24) is 15.5 Å². The predicted molar refractivity (Wildman–Crippen MR) is 140 cm³/mol. The first kappa shape index (κ1) is 26.3. The summed E-state index contributed by atoms with van der Waals surface area (Å²) < 4.78 is 0. The lowest BCUT2D eigenvalue weighted by atomic mass is 9.84. The van der Waals surface area contributed by atoms with Crippen molar-refractivity contribution >= 4 is 23.6 Å². The Hall–Kier alpha value is -3.72. The van der Waals surface area contributed by atoms with Crippen molar-refractivity contribution in [2.45, 2.75) is 63.2 Å². The molecule has 2 fully saturated rings. The average molecular weight is 506 g/mol. The number of rotatable bonds is 10. The van der Waals surface area contributed by atoms with E-state index in [1.165, 1.54) is 0 Å². The lowest BCUT2D eigenvalue weighted by Crippen LogP contribution is -2.56. The average Bonchev–Trinajstić information content (AvgIpc) is 3.29. The third-order valence-corrected chi connectivity index (χ3v) is 7.46. The summed E-state index contributed by atoms with van der Waals surface area (Å²) in [6, 6.07) is 15.3. The summed E-state index contributed by atoms with van der Waals surface area (Å²) in [5.41, 5.74) is 7.93. The predicted octanol–water partition coefficient (Wildman–Crippen LogP) is 2.03. The van der Waals surface area contributed by atoms with Crippen molar-refractivity contribution in [3.8, 4) is 0 Å². The number of nitrogens with one attached hydrogen (secondary N) is 3. The fourth-order valence-electron chi connectivity index (χ4n) is 5.61. The first-order valence-corrected chi connectivity index (χ1v) is 12.9. The lowest BCUT2D eigenvalue weighted by Gasteiger charge is -2.36. The van der Waals surface area contributed by atoms with Gasteiger partial charge in [-0.05, 0) is 42.7 Å². The van der Waals surface area contributed by atoms with Crippen LogP contribution in [0, 0.1) is 11.3 Å². The van der Waals surface area contributed by atoms with E-state index in [-0.39, 0.29) is 36.2 Å². The number of nitrogens with two attached hydrogens (primary N) is 1. The number of amides is 2. The van der Waals surface area contributed by atoms with Crippen molar-refractivity contribution in [2.24, 2.45) is 11.7 Å². The van der Waals surface area contributed by atoms with Crippen LogP contribution in [0.25, 0.3) is 0 Å². The number of amidine groups is 1. The fourth-order valence-corrected chi connectivity index (χ4v) is 5.61. The van der Waals surface area contributed by atoms with E-state index in [0.29, 0.717) is 24.9 Å². The Morgan fingerprint density at radius 1 is 1.03 bits per heavy atom. The van der Waals surface area contributed by atoms with Gasteiger partial charge in [0.1, 0.15) is 11.9 Å². The summed E-state index contributed by atoms with van der Waals surface area (Å²) >= 11 is 0. The Morgan fingerprint density at radius 3 is 2.41 bits per heavy atom. The van der Waals surface area contributed by atoms with Crippen molar-refractivity contribution in [1.29, 1.82) is 5.41 Å². The van der Waals surface area contributed by atoms with Crippen molar-refractivity contribution in [3.63, 3.8) is 0 Å². The summed E-state index contributed by atoms with van der Waals surface area (Å²) in [5, 5.41) is 22.7. The van der Waals surface area contributed by atoms with E-state index in [1.807, 2.05) is 42.5 Å². The minimum Gasteiger partial charge on any atom is -0.480 e. The third-order valence-electron chi connectivity index (χ3n) is 7.46. The second-order valence-electron chi connectivity index (χ2n) is 9.95. The number of carboxylic acids is 1. The van der Waals surface area contributed by atoms with Gasteiger partial charge in [0.15, 0.2) is 0 Å². The highest BCUT2D eigenvalue weighted by Crippen LogP contribution is 2.40. The van der Waals surface area contributed by atoms with E-state index in [9.17, 15) is 19.5 Å². The molecule has 1 aliphatic heterocycles. The molecule has 0 spiro atoms. The van der Waals surface area contributed by atoms with Gasteiger partial charge in [-0.25, -0.2) is 0 Å². The number of carbonyl (C=O) groups excluding carboxylic acids is 2. The molecule has 1 saturated carbocycles. The minimum atomic E-state index is -1.03. The van der Waals surface area contributed by atoms with Crippen LogP contribution in [0.15, 0.2) is 54.6 Å². The molecule has 9 heteroatoms. The first-order valence-electron chi connectivity index (χ1n) is 12.9. The number of hydrogen-bond donors (Lipinski definition) is 5. The van der Waals surface area contributed by atoms with E-state index >= 15 is 0 Å². The first-order chi connectivity index (χ1) is 17.8. The molecule has 1 aliphatic carbocycles. The number of nitrogen functional groups attached to an aromatic ring is 1. The SMILES string of the molecule is N=C(N)c1ccc(CNC(=O)[C@@H]2C[C@H]3CCCC[C@H]3N2C(=O)[C@@H](Cc2ccccc2)NCC(=O)O)cc1. The van der Waals surface area contributed by atoms with Crippen LogP contribution in [0.5, 0.6) is 0 Å². The van der Waals surface area contributed by atoms with Gasteiger partial charge < -0.3 is 21.1 Å². The molecule has 9 nitrogen and oxygen atoms in total. The van der Waals surface area contributed by atoms with Crippen molar-refractivity contribution < 1.29 is 19.5 Å². The van der Waals surface area contributed by atoms with Gasteiger partial charge in [0, 0.05) is 18.2 Å². The molecule has 4 rings (SSSR count). The Morgan fingerprint density at radius 2 is 1.73 bits per heavy atom. The van der Waals surface area contributed by atoms with Gasteiger partial charge in [-0.3, -0.25) is 25.1 Å². The smallest absolute Gasteiger partial charge is 0.317 e. The van der Waals surface area contributed by atoms with Crippen LogP contribution >= 0.6 is 0 Å². The topological polar surface area (TPSA) is 149 Å². The highest BCUT2D eigenvalue weighted by Gasteiger charge is 2.48. The van der Waals surface area contributed by atoms with Crippen LogP contribution in [-0.4, -0.2) is 58.3 Å². The maximum absolute atomic E-state index is 14.0. The van der Waals surface area contributed by atoms with E-state index in [1.54, 1.807) is 17.0 Å². The molecule has 1 heterocycles. The molecule has 2 aliphatic rings. The van der Waals surface area contributed by atoms with Gasteiger partial charge in [-0.15, -0.1) is 0 Å². The second kappa shape index (κ2) is 12.0. The molecule has 0 aromatic heterocycles. The fraction of sp³-hybridized carbons (Fsp3) is 0.429. The van der Waals surface area contributed by atoms with Crippen LogP contribution in [0.1, 0.15) is 48.8 Å². The molecule has 2 amide bonds. The van der Waals surface area contributed by atoms with E-state index < -0.39 is 18.1 Å². The number of likely N-dealkylation sites (tertiary alicyclic amines) is 1. The lowest BCUT2D eigenvalue weighted by molar-refractivity contribution is -0.143. The zero-order valence-corrected chi connectivity index (χ0v) is 20.9. The highest BCUT2D eigenvalue weighted by molar-refractivity contribution is 5.95. The Kier molecular flexibility index (Phi) is 8.55. The van der Waals surface area contributed by atoms with Gasteiger partial charge in [0.2, 0.25) is 11.8 Å². The minimum absolute atomic E-state index is 0.0140. The van der Waals surface area contributed by atoms with E-state index in [2.05, 4.69) is 10.6 Å². The molecule has 6 N–H and O–H groups in total. The van der Waals surface area contributed by atoms with E-state index in [0.717, 1.165) is 36.8 Å². The molecule has 2 aromatic carbocycles. The third kappa shape index (κ3) is 6.54. The number of aliphatic carboxylic acids is 1. The van der Waals surface area contributed by atoms with Crippen LogP contribution in [-0.2, 0) is 27.3 Å². The summed E-state index contributed by atoms with van der Waals surface area (Å²) in [5.74, 6) is -1.20. The zero-order chi connectivity index (χ0) is 26.4. The highest BCUT2D eigenvalue weighted by atomic mass is 16.4. The van der Waals surface area contributed by atoms with Gasteiger partial charge in [0.05, 0.1) is 12.6 Å².